The molecule has 1 fully saturated rings. The molecule has 19 heavy (non-hydrogen) atoms. The number of rotatable bonds is 2. The quantitative estimate of drug-likeness (QED) is 0.777. The minimum atomic E-state index is -5.94. The van der Waals surface area contributed by atoms with E-state index < -0.39 is 49.4 Å². The first-order valence-electron chi connectivity index (χ1n) is 5.43. The third kappa shape index (κ3) is 3.33. The summed E-state index contributed by atoms with van der Waals surface area (Å²) in [4.78, 5) is 11.7. The molecule has 1 aliphatic rings. The maximum absolute atomic E-state index is 13.0. The van der Waals surface area contributed by atoms with E-state index in [4.69, 9.17) is 9.84 Å². The van der Waals surface area contributed by atoms with E-state index in [1.54, 1.807) is 0 Å². The number of hydrogen-bond donors (Lipinski definition) is 1. The van der Waals surface area contributed by atoms with E-state index in [0.717, 1.165) is 0 Å². The lowest BCUT2D eigenvalue weighted by molar-refractivity contribution is -0.278. The van der Waals surface area contributed by atoms with Crippen LogP contribution < -0.4 is 0 Å². The van der Waals surface area contributed by atoms with Crippen molar-refractivity contribution < 1.29 is 36.6 Å². The van der Waals surface area contributed by atoms with Crippen LogP contribution >= 0.6 is 0 Å². The molecule has 1 saturated heterocycles. The van der Waals surface area contributed by atoms with Crippen LogP contribution in [-0.4, -0.2) is 59.4 Å². The minimum absolute atomic E-state index is 0.373. The van der Waals surface area contributed by atoms with Crippen LogP contribution in [0.15, 0.2) is 0 Å². The second-order valence-electron chi connectivity index (χ2n) is 4.94. The van der Waals surface area contributed by atoms with Crippen LogP contribution in [0.2, 0.25) is 0 Å². The van der Waals surface area contributed by atoms with Crippen LogP contribution in [-0.2, 0) is 9.53 Å². The number of halogens is 5. The molecule has 0 aromatic rings. The number of aliphatic hydroxyl groups is 1. The summed E-state index contributed by atoms with van der Waals surface area (Å²) < 4.78 is 67.6. The molecular weight excluding hydrogens is 277 g/mol. The fourth-order valence-electron chi connectivity index (χ4n) is 1.87. The minimum Gasteiger partial charge on any atom is -0.394 e. The zero-order valence-corrected chi connectivity index (χ0v) is 10.3. The second-order valence-corrected chi connectivity index (χ2v) is 4.94. The number of carbonyl (C=O) groups is 1. The normalized spacial score (nSPS) is 24.4. The van der Waals surface area contributed by atoms with E-state index in [2.05, 4.69) is 0 Å². The Morgan fingerprint density at radius 1 is 1.37 bits per heavy atom. The Bertz CT molecular complexity index is 356. The number of aliphatic hydroxyl groups excluding tert-OH is 1. The summed E-state index contributed by atoms with van der Waals surface area (Å²) in [6.07, 6.45) is -6.93. The molecule has 0 aliphatic carbocycles. The summed E-state index contributed by atoms with van der Waals surface area (Å²) in [7, 11) is 0. The third-order valence-electron chi connectivity index (χ3n) is 2.60. The maximum atomic E-state index is 13.0. The first kappa shape index (κ1) is 16.1. The predicted octanol–water partition coefficient (Wildman–Crippen LogP) is 1.18. The average Bonchev–Trinajstić information content (AvgIpc) is 2.24. The van der Waals surface area contributed by atoms with Crippen molar-refractivity contribution in [3.8, 4) is 0 Å². The van der Waals surface area contributed by atoms with Crippen LogP contribution in [0.25, 0.3) is 0 Å². The summed E-state index contributed by atoms with van der Waals surface area (Å²) in [5, 5.41) is 8.91. The standard InChI is InChI=1S/C10H14F5NO3/c1-8(2)5-16(3-6(4-17)19-8)7(18)9(11,12)10(13,14)15/h6,17H,3-5H2,1-2H3. The van der Waals surface area contributed by atoms with E-state index in [1.807, 2.05) is 0 Å². The molecule has 4 nitrogen and oxygen atoms in total. The molecule has 0 saturated carbocycles. The predicted molar refractivity (Wildman–Crippen MR) is 53.6 cm³/mol. The number of nitrogens with zero attached hydrogens (tertiary/aromatic N) is 1. The fourth-order valence-corrected chi connectivity index (χ4v) is 1.87. The van der Waals surface area contributed by atoms with Crippen LogP contribution in [0.5, 0.6) is 0 Å². The van der Waals surface area contributed by atoms with E-state index in [1.165, 1.54) is 13.8 Å². The average molecular weight is 291 g/mol. The number of morpholine rings is 1. The highest BCUT2D eigenvalue weighted by atomic mass is 19.4. The molecule has 0 spiro atoms. The van der Waals surface area contributed by atoms with Crippen molar-refractivity contribution in [1.29, 1.82) is 0 Å². The molecule has 1 rings (SSSR count). The maximum Gasteiger partial charge on any atom is 0.463 e. The number of amides is 1. The third-order valence-corrected chi connectivity index (χ3v) is 2.60. The van der Waals surface area contributed by atoms with Gasteiger partial charge in [0.1, 0.15) is 0 Å². The van der Waals surface area contributed by atoms with Gasteiger partial charge in [0.2, 0.25) is 0 Å². The van der Waals surface area contributed by atoms with Crippen LogP contribution in [0, 0.1) is 0 Å². The van der Waals surface area contributed by atoms with Gasteiger partial charge in [-0.3, -0.25) is 4.79 Å². The van der Waals surface area contributed by atoms with Crippen molar-refractivity contribution >= 4 is 5.91 Å². The molecule has 1 unspecified atom stereocenters. The Hall–Kier alpha value is -0.960. The Kier molecular flexibility index (Phi) is 4.12. The van der Waals surface area contributed by atoms with E-state index in [0.29, 0.717) is 4.90 Å². The van der Waals surface area contributed by atoms with Gasteiger partial charge < -0.3 is 14.7 Å². The molecule has 1 heterocycles. The molecule has 1 N–H and O–H groups in total. The largest absolute Gasteiger partial charge is 0.463 e. The molecule has 0 radical (unpaired) electrons. The van der Waals surface area contributed by atoms with Gasteiger partial charge in [-0.15, -0.1) is 0 Å². The van der Waals surface area contributed by atoms with Crippen molar-refractivity contribution in [2.45, 2.75) is 37.7 Å². The van der Waals surface area contributed by atoms with Gasteiger partial charge in [-0.25, -0.2) is 0 Å². The lowest BCUT2D eigenvalue weighted by Crippen LogP contribution is -2.61. The van der Waals surface area contributed by atoms with E-state index in [9.17, 15) is 26.7 Å². The number of alkyl halides is 5. The van der Waals surface area contributed by atoms with E-state index in [-0.39, 0.29) is 0 Å². The summed E-state index contributed by atoms with van der Waals surface area (Å²) in [5.74, 6) is -7.77. The fraction of sp³-hybridized carbons (Fsp3) is 0.900. The highest BCUT2D eigenvalue weighted by Crippen LogP contribution is 2.38. The highest BCUT2D eigenvalue weighted by molar-refractivity contribution is 5.84. The Morgan fingerprint density at radius 3 is 2.32 bits per heavy atom. The van der Waals surface area contributed by atoms with Gasteiger partial charge in [0.05, 0.1) is 18.3 Å². The van der Waals surface area contributed by atoms with Crippen LogP contribution in [0.3, 0.4) is 0 Å². The molecule has 0 bridgehead atoms. The van der Waals surface area contributed by atoms with Crippen LogP contribution in [0.1, 0.15) is 13.8 Å². The molecular formula is C10H14F5NO3. The highest BCUT2D eigenvalue weighted by Gasteiger charge is 2.65. The van der Waals surface area contributed by atoms with Crippen molar-refractivity contribution in [1.82, 2.24) is 4.90 Å². The second kappa shape index (κ2) is 4.86. The van der Waals surface area contributed by atoms with Gasteiger partial charge in [0.15, 0.2) is 0 Å². The monoisotopic (exact) mass is 291 g/mol. The molecule has 112 valence electrons. The van der Waals surface area contributed by atoms with Gasteiger partial charge >= 0.3 is 18.0 Å². The molecule has 0 aromatic heterocycles. The van der Waals surface area contributed by atoms with Crippen LogP contribution in [0.4, 0.5) is 22.0 Å². The summed E-state index contributed by atoms with van der Waals surface area (Å²) in [6.45, 7) is 1.37. The van der Waals surface area contributed by atoms with Crippen molar-refractivity contribution in [2.24, 2.45) is 0 Å². The molecule has 1 atom stereocenters. The Labute approximate surface area is 106 Å². The molecule has 1 aliphatic heterocycles. The van der Waals surface area contributed by atoms with Gasteiger partial charge in [-0.05, 0) is 13.8 Å². The Balaban J connectivity index is 2.93. The van der Waals surface area contributed by atoms with Gasteiger partial charge in [0, 0.05) is 13.1 Å². The topological polar surface area (TPSA) is 49.8 Å². The lowest BCUT2D eigenvalue weighted by atomic mass is 10.0. The SMILES string of the molecule is CC1(C)CN(C(=O)C(F)(F)C(F)(F)F)CC(CO)O1. The van der Waals surface area contributed by atoms with E-state index >= 15 is 0 Å². The zero-order valence-electron chi connectivity index (χ0n) is 10.3. The first-order valence-corrected chi connectivity index (χ1v) is 5.43. The smallest absolute Gasteiger partial charge is 0.394 e. The number of hydrogen-bond acceptors (Lipinski definition) is 3. The first-order chi connectivity index (χ1) is 8.40. The van der Waals surface area contributed by atoms with Crippen molar-refractivity contribution in [3.05, 3.63) is 0 Å². The molecule has 9 heteroatoms. The molecule has 0 aromatic carbocycles. The Morgan fingerprint density at radius 2 is 1.89 bits per heavy atom. The number of carbonyl (C=O) groups excluding carboxylic acids is 1. The summed E-state index contributed by atoms with van der Waals surface area (Å²) in [6, 6.07) is 0. The lowest BCUT2D eigenvalue weighted by Gasteiger charge is -2.43. The van der Waals surface area contributed by atoms with Gasteiger partial charge in [-0.1, -0.05) is 0 Å². The van der Waals surface area contributed by atoms with Gasteiger partial charge in [-0.2, -0.15) is 22.0 Å². The summed E-state index contributed by atoms with van der Waals surface area (Å²) >= 11 is 0. The van der Waals surface area contributed by atoms with Crippen molar-refractivity contribution in [2.75, 3.05) is 19.7 Å². The zero-order chi connectivity index (χ0) is 15.1. The van der Waals surface area contributed by atoms with Crippen molar-refractivity contribution in [3.63, 3.8) is 0 Å². The summed E-state index contributed by atoms with van der Waals surface area (Å²) in [5.41, 5.74) is -1.11. The number of ether oxygens (including phenoxy) is 1. The molecule has 1 amide bonds. The van der Waals surface area contributed by atoms with Gasteiger partial charge in [0.25, 0.3) is 0 Å².